The summed E-state index contributed by atoms with van der Waals surface area (Å²) in [5, 5.41) is 13.2. The molecular weight excluding hydrogens is 492 g/mol. The van der Waals surface area contributed by atoms with Crippen molar-refractivity contribution in [3.63, 3.8) is 0 Å². The Balaban J connectivity index is 1.51. The smallest absolute Gasteiger partial charge is 0.410 e. The first kappa shape index (κ1) is 25.7. The van der Waals surface area contributed by atoms with Crippen LogP contribution >= 0.6 is 0 Å². The summed E-state index contributed by atoms with van der Waals surface area (Å²) in [5.41, 5.74) is 1.60. The maximum absolute atomic E-state index is 14.9. The number of aromatic amines is 1. The number of nitrogens with one attached hydrogen (secondary N) is 1. The summed E-state index contributed by atoms with van der Waals surface area (Å²) in [4.78, 5) is 22.4. The van der Waals surface area contributed by atoms with Gasteiger partial charge in [0.2, 0.25) is 0 Å². The lowest BCUT2D eigenvalue weighted by atomic mass is 9.96. The minimum atomic E-state index is -0.711. The van der Waals surface area contributed by atoms with Crippen LogP contribution in [0, 0.1) is 11.6 Å². The molecule has 1 fully saturated rings. The topological polar surface area (TPSA) is 101 Å². The number of amides is 1. The number of carbonyl (C=O) groups is 1. The molecule has 38 heavy (non-hydrogen) atoms. The van der Waals surface area contributed by atoms with Crippen molar-refractivity contribution in [2.45, 2.75) is 64.9 Å². The summed E-state index contributed by atoms with van der Waals surface area (Å²) < 4.78 is 35.8. The standard InChI is InChI=1S/C27H31F2N7O2/c1-15(2)25-33-32-21-9-8-20(34-36(21)25)23-22(18-7-6-17(28)14-19(18)29)30-24(31-23)16-10-12-35(13-11-16)26(37)38-27(3,4)5/h6-9,14-16H,10-13H2,1-5H3,(H,30,31). The highest BCUT2D eigenvalue weighted by molar-refractivity contribution is 5.77. The zero-order valence-electron chi connectivity index (χ0n) is 22.1. The molecule has 0 saturated carbocycles. The van der Waals surface area contributed by atoms with Crippen molar-refractivity contribution >= 4 is 11.7 Å². The van der Waals surface area contributed by atoms with Gasteiger partial charge in [-0.2, -0.15) is 9.61 Å². The van der Waals surface area contributed by atoms with Crippen LogP contribution in [-0.4, -0.2) is 59.5 Å². The number of imidazole rings is 1. The molecule has 4 aromatic rings. The normalized spacial score (nSPS) is 15.0. The van der Waals surface area contributed by atoms with Crippen LogP contribution in [0.5, 0.6) is 0 Å². The fraction of sp³-hybridized carbons (Fsp3) is 0.444. The Hall–Kier alpha value is -3.89. The van der Waals surface area contributed by atoms with E-state index in [0.717, 1.165) is 6.07 Å². The number of halogens is 2. The van der Waals surface area contributed by atoms with Crippen LogP contribution in [0.3, 0.4) is 0 Å². The second kappa shape index (κ2) is 9.77. The van der Waals surface area contributed by atoms with Gasteiger partial charge in [-0.05, 0) is 57.9 Å². The van der Waals surface area contributed by atoms with Crippen LogP contribution in [0.25, 0.3) is 28.3 Å². The molecule has 1 N–H and O–H groups in total. The number of piperidine rings is 1. The van der Waals surface area contributed by atoms with E-state index in [-0.39, 0.29) is 23.5 Å². The number of carbonyl (C=O) groups excluding carboxylic acids is 1. The second-order valence-corrected chi connectivity index (χ2v) is 10.9. The van der Waals surface area contributed by atoms with E-state index in [9.17, 15) is 13.6 Å². The van der Waals surface area contributed by atoms with Gasteiger partial charge in [-0.3, -0.25) is 0 Å². The van der Waals surface area contributed by atoms with E-state index in [4.69, 9.17) is 14.8 Å². The van der Waals surface area contributed by atoms with Crippen LogP contribution < -0.4 is 0 Å². The van der Waals surface area contributed by atoms with Gasteiger partial charge < -0.3 is 14.6 Å². The number of fused-ring (bicyclic) bond motifs is 1. The van der Waals surface area contributed by atoms with Crippen LogP contribution in [0.15, 0.2) is 30.3 Å². The van der Waals surface area contributed by atoms with Gasteiger partial charge in [0.25, 0.3) is 0 Å². The number of rotatable bonds is 4. The maximum Gasteiger partial charge on any atom is 0.410 e. The summed E-state index contributed by atoms with van der Waals surface area (Å²) in [6, 6.07) is 7.02. The molecule has 11 heteroatoms. The molecule has 0 aliphatic carbocycles. The molecule has 0 spiro atoms. The summed E-state index contributed by atoms with van der Waals surface area (Å²) in [6.07, 6.45) is 0.984. The van der Waals surface area contributed by atoms with Crippen molar-refractivity contribution in [2.75, 3.05) is 13.1 Å². The number of aromatic nitrogens is 6. The minimum Gasteiger partial charge on any atom is -0.444 e. The van der Waals surface area contributed by atoms with E-state index in [1.165, 1.54) is 12.1 Å². The zero-order chi connectivity index (χ0) is 27.2. The lowest BCUT2D eigenvalue weighted by Gasteiger charge is -2.32. The molecule has 1 amide bonds. The molecule has 9 nitrogen and oxygen atoms in total. The molecule has 1 aromatic carbocycles. The average Bonchev–Trinajstić information content (AvgIpc) is 3.47. The van der Waals surface area contributed by atoms with Gasteiger partial charge in [-0.1, -0.05) is 13.8 Å². The number of H-pyrrole nitrogens is 1. The first-order chi connectivity index (χ1) is 18.0. The van der Waals surface area contributed by atoms with Crippen LogP contribution in [-0.2, 0) is 4.74 Å². The van der Waals surface area contributed by atoms with E-state index >= 15 is 0 Å². The number of hydrogen-bond acceptors (Lipinski definition) is 6. The molecule has 3 aromatic heterocycles. The third-order valence-electron chi connectivity index (χ3n) is 6.50. The fourth-order valence-corrected chi connectivity index (χ4v) is 4.61. The second-order valence-electron chi connectivity index (χ2n) is 10.9. The number of likely N-dealkylation sites (tertiary alicyclic amines) is 1. The molecule has 200 valence electrons. The Morgan fingerprint density at radius 1 is 1.11 bits per heavy atom. The Morgan fingerprint density at radius 3 is 2.50 bits per heavy atom. The van der Waals surface area contributed by atoms with E-state index < -0.39 is 17.2 Å². The monoisotopic (exact) mass is 523 g/mol. The van der Waals surface area contributed by atoms with Gasteiger partial charge in [-0.25, -0.2) is 18.6 Å². The average molecular weight is 524 g/mol. The van der Waals surface area contributed by atoms with Crippen LogP contribution in [0.4, 0.5) is 13.6 Å². The number of hydrogen-bond donors (Lipinski definition) is 1. The summed E-state index contributed by atoms with van der Waals surface area (Å²) in [6.45, 7) is 10.6. The molecular formula is C27H31F2N7O2. The largest absolute Gasteiger partial charge is 0.444 e. The fourth-order valence-electron chi connectivity index (χ4n) is 4.61. The van der Waals surface area contributed by atoms with Gasteiger partial charge in [0.15, 0.2) is 11.5 Å². The van der Waals surface area contributed by atoms with E-state index in [0.29, 0.717) is 60.3 Å². The third kappa shape index (κ3) is 5.09. The molecule has 1 aliphatic rings. The molecule has 0 atom stereocenters. The van der Waals surface area contributed by atoms with Gasteiger partial charge in [0.1, 0.15) is 34.4 Å². The predicted molar refractivity (Wildman–Crippen MR) is 138 cm³/mol. The van der Waals surface area contributed by atoms with E-state index in [1.807, 2.05) is 34.6 Å². The number of nitrogens with zero attached hydrogens (tertiary/aromatic N) is 6. The third-order valence-corrected chi connectivity index (χ3v) is 6.50. The highest BCUT2D eigenvalue weighted by atomic mass is 19.1. The molecule has 0 radical (unpaired) electrons. The molecule has 0 unspecified atom stereocenters. The number of ether oxygens (including phenoxy) is 1. The summed E-state index contributed by atoms with van der Waals surface area (Å²) in [7, 11) is 0. The summed E-state index contributed by atoms with van der Waals surface area (Å²) in [5.74, 6) is 0.0905. The van der Waals surface area contributed by atoms with Crippen LogP contribution in [0.1, 0.15) is 70.9 Å². The Labute approximate surface area is 219 Å². The van der Waals surface area contributed by atoms with Gasteiger partial charge in [0.05, 0.1) is 5.69 Å². The van der Waals surface area contributed by atoms with E-state index in [2.05, 4.69) is 15.2 Å². The minimum absolute atomic E-state index is 0.00886. The predicted octanol–water partition coefficient (Wildman–Crippen LogP) is 5.70. The van der Waals surface area contributed by atoms with Gasteiger partial charge in [-0.15, -0.1) is 10.2 Å². The lowest BCUT2D eigenvalue weighted by molar-refractivity contribution is 0.0203. The molecule has 1 saturated heterocycles. The number of benzene rings is 1. The zero-order valence-corrected chi connectivity index (χ0v) is 22.1. The van der Waals surface area contributed by atoms with E-state index in [1.54, 1.807) is 21.5 Å². The van der Waals surface area contributed by atoms with Crippen molar-refractivity contribution in [2.24, 2.45) is 0 Å². The van der Waals surface area contributed by atoms with Gasteiger partial charge >= 0.3 is 6.09 Å². The lowest BCUT2D eigenvalue weighted by Crippen LogP contribution is -2.41. The summed E-state index contributed by atoms with van der Waals surface area (Å²) >= 11 is 0. The SMILES string of the molecule is CC(C)c1nnc2ccc(-c3[nH]c(C4CCN(C(=O)OC(C)(C)C)CC4)nc3-c3ccc(F)cc3F)nn12. The first-order valence-electron chi connectivity index (χ1n) is 12.8. The molecule has 4 heterocycles. The first-order valence-corrected chi connectivity index (χ1v) is 12.8. The molecule has 1 aliphatic heterocycles. The molecule has 0 bridgehead atoms. The Kier molecular flexibility index (Phi) is 6.62. The van der Waals surface area contributed by atoms with Crippen molar-refractivity contribution in [3.05, 3.63) is 53.6 Å². The highest BCUT2D eigenvalue weighted by Crippen LogP contribution is 2.36. The maximum atomic E-state index is 14.9. The van der Waals surface area contributed by atoms with Crippen molar-refractivity contribution in [3.8, 4) is 22.6 Å². The van der Waals surface area contributed by atoms with Gasteiger partial charge in [0, 0.05) is 36.6 Å². The van der Waals surface area contributed by atoms with Crippen molar-refractivity contribution in [1.82, 2.24) is 34.7 Å². The van der Waals surface area contributed by atoms with Crippen molar-refractivity contribution in [1.29, 1.82) is 0 Å². The quantitative estimate of drug-likeness (QED) is 0.368. The Morgan fingerprint density at radius 2 is 1.84 bits per heavy atom. The Bertz CT molecular complexity index is 1480. The van der Waals surface area contributed by atoms with Crippen LogP contribution in [0.2, 0.25) is 0 Å². The van der Waals surface area contributed by atoms with Crippen molar-refractivity contribution < 1.29 is 18.3 Å². The highest BCUT2D eigenvalue weighted by Gasteiger charge is 2.30. The molecule has 5 rings (SSSR count).